The predicted octanol–water partition coefficient (Wildman–Crippen LogP) is 21.1. The molecule has 0 amide bonds. The highest BCUT2D eigenvalue weighted by atomic mass is 16.6. The van der Waals surface area contributed by atoms with Gasteiger partial charge >= 0.3 is 17.9 Å². The highest BCUT2D eigenvalue weighted by Gasteiger charge is 2.19. The summed E-state index contributed by atoms with van der Waals surface area (Å²) in [5, 5.41) is 0. The molecule has 0 heterocycles. The molecular formula is C71H110O6. The van der Waals surface area contributed by atoms with Crippen LogP contribution in [0.25, 0.3) is 0 Å². The first-order valence-corrected chi connectivity index (χ1v) is 30.6. The molecule has 6 heteroatoms. The van der Waals surface area contributed by atoms with E-state index in [9.17, 15) is 14.4 Å². The molecule has 1 atom stereocenters. The van der Waals surface area contributed by atoms with Crippen LogP contribution < -0.4 is 0 Å². The van der Waals surface area contributed by atoms with Crippen molar-refractivity contribution in [3.63, 3.8) is 0 Å². The Hall–Kier alpha value is -5.23. The van der Waals surface area contributed by atoms with Gasteiger partial charge < -0.3 is 14.2 Å². The molecular weight excluding hydrogens is 949 g/mol. The fraction of sp³-hybridized carbons (Fsp3) is 0.563. The molecule has 0 saturated carbocycles. The van der Waals surface area contributed by atoms with Gasteiger partial charge in [0, 0.05) is 19.3 Å². The van der Waals surface area contributed by atoms with Crippen molar-refractivity contribution in [2.75, 3.05) is 13.2 Å². The summed E-state index contributed by atoms with van der Waals surface area (Å²) in [5.41, 5.74) is 0. The Morgan fingerprint density at radius 3 is 0.740 bits per heavy atom. The second-order valence-electron chi connectivity index (χ2n) is 19.5. The second kappa shape index (κ2) is 63.3. The lowest BCUT2D eigenvalue weighted by atomic mass is 10.1. The average Bonchev–Trinajstić information content (AvgIpc) is 3.43. The Morgan fingerprint density at radius 2 is 0.468 bits per heavy atom. The van der Waals surface area contributed by atoms with Gasteiger partial charge in [-0.15, -0.1) is 0 Å². The van der Waals surface area contributed by atoms with Crippen molar-refractivity contribution in [1.29, 1.82) is 0 Å². The molecule has 6 nitrogen and oxygen atoms in total. The number of rotatable bonds is 53. The summed E-state index contributed by atoms with van der Waals surface area (Å²) in [6.45, 7) is 6.23. The zero-order valence-corrected chi connectivity index (χ0v) is 49.1. The SMILES string of the molecule is CC/C=C\C/C=C\C/C=C\C/C=C\C/C=C\CCCCCCCC(=O)OCC(COC(=O)CCCCCCCC/C=C\C/C=C\C/C=C\C/C=C\CC)OC(=O)CCCCC/C=C\C/C=C\C/C=C\C/C=C\C/C=C\CC. The second-order valence-corrected chi connectivity index (χ2v) is 19.5. The van der Waals surface area contributed by atoms with Crippen LogP contribution in [-0.4, -0.2) is 37.2 Å². The molecule has 0 rings (SSSR count). The normalized spacial score (nSPS) is 13.3. The van der Waals surface area contributed by atoms with Crippen molar-refractivity contribution >= 4 is 17.9 Å². The maximum Gasteiger partial charge on any atom is 0.306 e. The monoisotopic (exact) mass is 1060 g/mol. The van der Waals surface area contributed by atoms with E-state index in [0.29, 0.717) is 19.3 Å². The van der Waals surface area contributed by atoms with Gasteiger partial charge in [-0.2, -0.15) is 0 Å². The smallest absolute Gasteiger partial charge is 0.306 e. The molecule has 0 aliphatic carbocycles. The van der Waals surface area contributed by atoms with Crippen LogP contribution >= 0.6 is 0 Å². The van der Waals surface area contributed by atoms with Crippen LogP contribution in [0.4, 0.5) is 0 Å². The molecule has 0 spiro atoms. The van der Waals surface area contributed by atoms with E-state index in [1.165, 1.54) is 12.8 Å². The van der Waals surface area contributed by atoms with Gasteiger partial charge in [-0.1, -0.05) is 242 Å². The first-order valence-electron chi connectivity index (χ1n) is 30.6. The fourth-order valence-corrected chi connectivity index (χ4v) is 7.72. The third kappa shape index (κ3) is 61.5. The molecule has 0 N–H and O–H groups in total. The molecule has 0 aromatic carbocycles. The first-order chi connectivity index (χ1) is 38.0. The van der Waals surface area contributed by atoms with E-state index in [1.54, 1.807) is 0 Å². The fourth-order valence-electron chi connectivity index (χ4n) is 7.72. The minimum atomic E-state index is -0.821. The van der Waals surface area contributed by atoms with Crippen LogP contribution in [0.3, 0.4) is 0 Å². The van der Waals surface area contributed by atoms with Crippen molar-refractivity contribution in [3.05, 3.63) is 170 Å². The van der Waals surface area contributed by atoms with Crippen LogP contribution in [0.2, 0.25) is 0 Å². The Balaban J connectivity index is 4.56. The Labute approximate surface area is 472 Å². The quantitative estimate of drug-likeness (QED) is 0.0261. The Kier molecular flexibility index (Phi) is 59.0. The van der Waals surface area contributed by atoms with Gasteiger partial charge in [0.05, 0.1) is 0 Å². The molecule has 0 fully saturated rings. The summed E-state index contributed by atoms with van der Waals surface area (Å²) in [6, 6.07) is 0. The van der Waals surface area contributed by atoms with Crippen LogP contribution in [0.5, 0.6) is 0 Å². The van der Waals surface area contributed by atoms with Gasteiger partial charge in [0.15, 0.2) is 6.10 Å². The van der Waals surface area contributed by atoms with Gasteiger partial charge in [-0.05, 0) is 148 Å². The van der Waals surface area contributed by atoms with Crippen LogP contribution in [-0.2, 0) is 28.6 Å². The van der Waals surface area contributed by atoms with Gasteiger partial charge in [-0.3, -0.25) is 14.4 Å². The summed E-state index contributed by atoms with van der Waals surface area (Å²) < 4.78 is 16.9. The highest BCUT2D eigenvalue weighted by Crippen LogP contribution is 2.13. The van der Waals surface area contributed by atoms with Crippen molar-refractivity contribution in [1.82, 2.24) is 0 Å². The van der Waals surface area contributed by atoms with Gasteiger partial charge in [0.25, 0.3) is 0 Å². The van der Waals surface area contributed by atoms with Crippen molar-refractivity contribution in [2.45, 2.75) is 245 Å². The van der Waals surface area contributed by atoms with Crippen molar-refractivity contribution in [2.24, 2.45) is 0 Å². The van der Waals surface area contributed by atoms with E-state index >= 15 is 0 Å². The maximum atomic E-state index is 12.9. The van der Waals surface area contributed by atoms with E-state index in [2.05, 4.69) is 191 Å². The lowest BCUT2D eigenvalue weighted by molar-refractivity contribution is -0.167. The van der Waals surface area contributed by atoms with Crippen LogP contribution in [0.15, 0.2) is 170 Å². The topological polar surface area (TPSA) is 78.9 Å². The van der Waals surface area contributed by atoms with E-state index in [4.69, 9.17) is 14.2 Å². The highest BCUT2D eigenvalue weighted by molar-refractivity contribution is 5.71. The molecule has 0 aromatic heterocycles. The molecule has 0 aromatic rings. The van der Waals surface area contributed by atoms with Crippen LogP contribution in [0, 0.1) is 0 Å². The number of hydrogen-bond donors (Lipinski definition) is 0. The number of unbranched alkanes of at least 4 members (excludes halogenated alkanes) is 14. The number of esters is 3. The maximum absolute atomic E-state index is 12.9. The lowest BCUT2D eigenvalue weighted by Gasteiger charge is -2.18. The average molecular weight is 1060 g/mol. The van der Waals surface area contributed by atoms with Crippen LogP contribution in [0.1, 0.15) is 239 Å². The minimum Gasteiger partial charge on any atom is -0.462 e. The van der Waals surface area contributed by atoms with Gasteiger partial charge in [-0.25, -0.2) is 0 Å². The number of allylic oxidation sites excluding steroid dienone is 28. The Morgan fingerprint density at radius 1 is 0.260 bits per heavy atom. The summed E-state index contributed by atoms with van der Waals surface area (Å²) in [4.78, 5) is 38.3. The van der Waals surface area contributed by atoms with E-state index in [-0.39, 0.29) is 37.5 Å². The number of carbonyl (C=O) groups excluding carboxylic acids is 3. The summed E-state index contributed by atoms with van der Waals surface area (Å²) in [5.74, 6) is -0.985. The molecule has 1 unspecified atom stereocenters. The predicted molar refractivity (Wildman–Crippen MR) is 334 cm³/mol. The molecule has 77 heavy (non-hydrogen) atoms. The lowest BCUT2D eigenvalue weighted by Crippen LogP contribution is -2.30. The third-order valence-corrected chi connectivity index (χ3v) is 12.2. The summed E-state index contributed by atoms with van der Waals surface area (Å²) in [7, 11) is 0. The number of ether oxygens (including phenoxy) is 3. The zero-order chi connectivity index (χ0) is 55.7. The Bertz CT molecular complexity index is 1790. The van der Waals surface area contributed by atoms with Crippen molar-refractivity contribution in [3.8, 4) is 0 Å². The largest absolute Gasteiger partial charge is 0.462 e. The minimum absolute atomic E-state index is 0.114. The molecule has 0 aliphatic heterocycles. The van der Waals surface area contributed by atoms with Crippen molar-refractivity contribution < 1.29 is 28.6 Å². The standard InChI is InChI=1S/C71H110O6/c1-4-7-10-13-16-19-22-25-28-31-34-35-38-40-43-46-49-52-55-58-61-64-70(73)76-67-68(77-71(74)65-62-59-56-53-50-47-44-41-37-33-30-27-24-21-18-15-12-9-6-3)66-75-69(72)63-60-57-54-51-48-45-42-39-36-32-29-26-23-20-17-14-11-8-5-2/h7-12,16-21,25-30,34-37,39-41,43,47,50,68H,4-6,13-15,22-24,31-33,38,42,44-46,48-49,51-67H2,1-3H3/b10-7-,11-8-,12-9-,19-16-,20-17-,21-18-,28-25-,29-26-,30-27-,35-34-,39-36-,41-37-,43-40-,50-47-. The number of hydrogen-bond acceptors (Lipinski definition) is 6. The number of carbonyl (C=O) groups is 3. The third-order valence-electron chi connectivity index (χ3n) is 12.2. The first kappa shape index (κ1) is 71.8. The van der Waals surface area contributed by atoms with Gasteiger partial charge in [0.1, 0.15) is 13.2 Å². The summed E-state index contributed by atoms with van der Waals surface area (Å²) in [6.07, 6.45) is 93.4. The van der Waals surface area contributed by atoms with E-state index < -0.39 is 6.10 Å². The molecule has 430 valence electrons. The zero-order valence-electron chi connectivity index (χ0n) is 49.1. The van der Waals surface area contributed by atoms with E-state index in [1.807, 2.05) is 0 Å². The molecule has 0 saturated heterocycles. The van der Waals surface area contributed by atoms with Gasteiger partial charge in [0.2, 0.25) is 0 Å². The summed E-state index contributed by atoms with van der Waals surface area (Å²) >= 11 is 0. The molecule has 0 bridgehead atoms. The molecule has 0 radical (unpaired) electrons. The van der Waals surface area contributed by atoms with E-state index in [0.717, 1.165) is 180 Å². The molecule has 0 aliphatic rings.